The summed E-state index contributed by atoms with van der Waals surface area (Å²) >= 11 is 0. The molecule has 0 aromatic rings. The van der Waals surface area contributed by atoms with Crippen LogP contribution in [0.4, 0.5) is 4.79 Å². The van der Waals surface area contributed by atoms with Crippen molar-refractivity contribution in [3.05, 3.63) is 0 Å². The highest BCUT2D eigenvalue weighted by Gasteiger charge is 2.28. The van der Waals surface area contributed by atoms with Gasteiger partial charge in [-0.15, -0.1) is 0 Å². The zero-order valence-electron chi connectivity index (χ0n) is 13.0. The molecule has 5 nitrogen and oxygen atoms in total. The van der Waals surface area contributed by atoms with Crippen LogP contribution in [0.2, 0.25) is 0 Å². The first-order valence-corrected chi connectivity index (χ1v) is 6.92. The number of primary amides is 1. The minimum absolute atomic E-state index is 0.197. The van der Waals surface area contributed by atoms with Gasteiger partial charge < -0.3 is 19.9 Å². The normalized spacial score (nSPS) is 17.5. The van der Waals surface area contributed by atoms with Crippen LogP contribution in [0, 0.1) is 0 Å². The number of amides is 1. The molecule has 0 radical (unpaired) electrons. The van der Waals surface area contributed by atoms with Crippen molar-refractivity contribution in [2.24, 2.45) is 5.73 Å². The molecule has 0 bridgehead atoms. The van der Waals surface area contributed by atoms with Crippen LogP contribution in [-0.4, -0.2) is 37.6 Å². The molecule has 0 aliphatic heterocycles. The number of hydrogen-bond donors (Lipinski definition) is 1. The molecule has 0 aromatic heterocycles. The van der Waals surface area contributed by atoms with Gasteiger partial charge in [-0.3, -0.25) is 0 Å². The number of rotatable bonds is 10. The summed E-state index contributed by atoms with van der Waals surface area (Å²) in [6, 6.07) is 0. The lowest BCUT2D eigenvalue weighted by Gasteiger charge is -2.32. The van der Waals surface area contributed by atoms with Crippen molar-refractivity contribution in [1.29, 1.82) is 0 Å². The number of carbonyl (C=O) groups excluding carboxylic acids is 1. The molecule has 0 fully saturated rings. The van der Waals surface area contributed by atoms with Crippen LogP contribution < -0.4 is 5.73 Å². The Kier molecular flexibility index (Phi) is 8.02. The zero-order chi connectivity index (χ0) is 14.9. The van der Waals surface area contributed by atoms with Gasteiger partial charge in [0.2, 0.25) is 0 Å². The molecule has 0 spiro atoms. The second kappa shape index (κ2) is 8.38. The monoisotopic (exact) mass is 275 g/mol. The first-order valence-electron chi connectivity index (χ1n) is 6.92. The highest BCUT2D eigenvalue weighted by atomic mass is 16.6. The smallest absolute Gasteiger partial charge is 0.405 e. The average molecular weight is 275 g/mol. The summed E-state index contributed by atoms with van der Waals surface area (Å²) in [6.45, 7) is 9.21. The number of hydrogen-bond acceptors (Lipinski definition) is 4. The van der Waals surface area contributed by atoms with Gasteiger partial charge in [0.05, 0.1) is 12.2 Å². The Balaban J connectivity index is 4.26. The van der Waals surface area contributed by atoms with E-state index in [4.69, 9.17) is 19.9 Å². The van der Waals surface area contributed by atoms with Gasteiger partial charge in [0.15, 0.2) is 0 Å². The summed E-state index contributed by atoms with van der Waals surface area (Å²) in [6.07, 6.45) is 2.37. The molecule has 0 saturated carbocycles. The highest BCUT2D eigenvalue weighted by molar-refractivity contribution is 5.65. The van der Waals surface area contributed by atoms with E-state index in [0.717, 1.165) is 12.8 Å². The van der Waals surface area contributed by atoms with Crippen molar-refractivity contribution in [3.8, 4) is 0 Å². The summed E-state index contributed by atoms with van der Waals surface area (Å²) in [5, 5.41) is 0. The molecule has 0 aliphatic carbocycles. The van der Waals surface area contributed by atoms with E-state index in [9.17, 15) is 4.79 Å². The minimum atomic E-state index is -0.734. The molecule has 0 aromatic carbocycles. The van der Waals surface area contributed by atoms with Crippen LogP contribution in [-0.2, 0) is 14.2 Å². The summed E-state index contributed by atoms with van der Waals surface area (Å²) in [4.78, 5) is 10.9. The van der Waals surface area contributed by atoms with E-state index in [1.165, 1.54) is 0 Å². The molecule has 0 aliphatic rings. The number of carbonyl (C=O) groups is 1. The second-order valence-corrected chi connectivity index (χ2v) is 5.37. The molecule has 19 heavy (non-hydrogen) atoms. The quantitative estimate of drug-likeness (QED) is 0.665. The van der Waals surface area contributed by atoms with Crippen LogP contribution in [0.25, 0.3) is 0 Å². The van der Waals surface area contributed by atoms with Crippen molar-refractivity contribution in [2.45, 2.75) is 64.6 Å². The largest absolute Gasteiger partial charge is 0.443 e. The molecule has 0 saturated heterocycles. The molecule has 2 unspecified atom stereocenters. The van der Waals surface area contributed by atoms with Gasteiger partial charge in [0.25, 0.3) is 0 Å². The van der Waals surface area contributed by atoms with Crippen LogP contribution in [0.3, 0.4) is 0 Å². The van der Waals surface area contributed by atoms with E-state index in [0.29, 0.717) is 26.1 Å². The van der Waals surface area contributed by atoms with Crippen LogP contribution in [0.5, 0.6) is 0 Å². The Labute approximate surface area is 116 Å². The van der Waals surface area contributed by atoms with Crippen LogP contribution >= 0.6 is 0 Å². The molecule has 2 N–H and O–H groups in total. The number of nitrogens with two attached hydrogens (primary N) is 1. The Morgan fingerprint density at radius 1 is 1.05 bits per heavy atom. The first-order chi connectivity index (χ1) is 8.81. The minimum Gasteiger partial charge on any atom is -0.443 e. The fourth-order valence-electron chi connectivity index (χ4n) is 1.73. The predicted octanol–water partition coefficient (Wildman–Crippen LogP) is 2.86. The van der Waals surface area contributed by atoms with Gasteiger partial charge in [0, 0.05) is 20.1 Å². The summed E-state index contributed by atoms with van der Waals surface area (Å²) in [5.41, 5.74) is 4.33. The molecule has 2 atom stereocenters. The lowest BCUT2D eigenvalue weighted by atomic mass is 9.97. The summed E-state index contributed by atoms with van der Waals surface area (Å²) in [7, 11) is 1.69. The van der Waals surface area contributed by atoms with Crippen LogP contribution in [0.15, 0.2) is 0 Å². The van der Waals surface area contributed by atoms with Crippen molar-refractivity contribution >= 4 is 6.09 Å². The van der Waals surface area contributed by atoms with Gasteiger partial charge in [-0.2, -0.15) is 0 Å². The van der Waals surface area contributed by atoms with Gasteiger partial charge in [-0.25, -0.2) is 4.79 Å². The first kappa shape index (κ1) is 18.2. The van der Waals surface area contributed by atoms with Gasteiger partial charge in [-0.1, -0.05) is 13.8 Å². The summed E-state index contributed by atoms with van der Waals surface area (Å²) in [5.74, 6) is 0. The maximum atomic E-state index is 10.9. The standard InChI is InChI=1S/C14H29NO4/c1-6-13(3,8-10-17-5)18-11-9-14(4,7-2)19-12(15)16/h6-11H2,1-5H3,(H2,15,16). The van der Waals surface area contributed by atoms with E-state index in [1.54, 1.807) is 7.11 Å². The van der Waals surface area contributed by atoms with E-state index in [-0.39, 0.29) is 5.60 Å². The Morgan fingerprint density at radius 2 is 1.58 bits per heavy atom. The maximum absolute atomic E-state index is 10.9. The third-order valence-corrected chi connectivity index (χ3v) is 3.76. The van der Waals surface area contributed by atoms with Gasteiger partial charge in [-0.05, 0) is 33.1 Å². The van der Waals surface area contributed by atoms with Crippen molar-refractivity contribution in [2.75, 3.05) is 20.3 Å². The van der Waals surface area contributed by atoms with Gasteiger partial charge in [0.1, 0.15) is 5.60 Å². The van der Waals surface area contributed by atoms with Crippen molar-refractivity contribution in [1.82, 2.24) is 0 Å². The van der Waals surface area contributed by atoms with Gasteiger partial charge >= 0.3 is 6.09 Å². The lowest BCUT2D eigenvalue weighted by Crippen LogP contribution is -2.37. The fraction of sp³-hybridized carbons (Fsp3) is 0.929. The van der Waals surface area contributed by atoms with Crippen molar-refractivity contribution < 1.29 is 19.0 Å². The highest BCUT2D eigenvalue weighted by Crippen LogP contribution is 2.24. The number of ether oxygens (including phenoxy) is 3. The third-order valence-electron chi connectivity index (χ3n) is 3.76. The van der Waals surface area contributed by atoms with Crippen molar-refractivity contribution in [3.63, 3.8) is 0 Å². The summed E-state index contributed by atoms with van der Waals surface area (Å²) < 4.78 is 16.2. The molecule has 5 heteroatoms. The molecule has 0 rings (SSSR count). The average Bonchev–Trinajstić information content (AvgIpc) is 2.35. The van der Waals surface area contributed by atoms with E-state index >= 15 is 0 Å². The molecular formula is C14H29NO4. The number of methoxy groups -OCH3 is 1. The SMILES string of the molecule is CCC(C)(CCOC)OCCC(C)(CC)OC(N)=O. The van der Waals surface area contributed by atoms with E-state index < -0.39 is 11.7 Å². The van der Waals surface area contributed by atoms with Crippen LogP contribution in [0.1, 0.15) is 53.4 Å². The fourth-order valence-corrected chi connectivity index (χ4v) is 1.73. The van der Waals surface area contributed by atoms with E-state index in [1.807, 2.05) is 13.8 Å². The topological polar surface area (TPSA) is 70.8 Å². The lowest BCUT2D eigenvalue weighted by molar-refractivity contribution is -0.0760. The maximum Gasteiger partial charge on any atom is 0.405 e. The molecular weight excluding hydrogens is 246 g/mol. The second-order valence-electron chi connectivity index (χ2n) is 5.37. The molecule has 0 heterocycles. The zero-order valence-corrected chi connectivity index (χ0v) is 13.0. The Hall–Kier alpha value is -0.810. The Morgan fingerprint density at radius 3 is 2.00 bits per heavy atom. The molecule has 1 amide bonds. The third kappa shape index (κ3) is 7.38. The molecule has 114 valence electrons. The predicted molar refractivity (Wildman–Crippen MR) is 75.1 cm³/mol. The Bertz CT molecular complexity index is 272. The van der Waals surface area contributed by atoms with E-state index in [2.05, 4.69) is 13.8 Å².